The van der Waals surface area contributed by atoms with Gasteiger partial charge in [0.15, 0.2) is 5.13 Å². The van der Waals surface area contributed by atoms with E-state index in [1.54, 1.807) is 5.38 Å². The van der Waals surface area contributed by atoms with Gasteiger partial charge in [0.25, 0.3) is 0 Å². The first-order valence-electron chi connectivity index (χ1n) is 6.20. The normalized spacial score (nSPS) is 16.7. The smallest absolute Gasteiger partial charge is 0.231 e. The third kappa shape index (κ3) is 5.06. The van der Waals surface area contributed by atoms with E-state index in [9.17, 15) is 18.3 Å². The number of carbonyl (C=O) groups is 1. The zero-order valence-corrected chi connectivity index (χ0v) is 12.6. The molecule has 1 atom stereocenters. The molecule has 2 rings (SSSR count). The molecule has 0 aliphatic heterocycles. The largest absolute Gasteiger partial charge is 0.391 e. The van der Waals surface area contributed by atoms with Crippen molar-refractivity contribution in [3.63, 3.8) is 0 Å². The van der Waals surface area contributed by atoms with Crippen molar-refractivity contribution in [1.29, 1.82) is 0 Å². The Morgan fingerprint density at radius 3 is 2.90 bits per heavy atom. The SMILES string of the molecule is CS(=O)(=O)Nc1nc(CC(=O)NCC(O)C2CC2)cs1. The van der Waals surface area contributed by atoms with Gasteiger partial charge in [0.05, 0.1) is 24.5 Å². The van der Waals surface area contributed by atoms with Gasteiger partial charge in [0.2, 0.25) is 15.9 Å². The Labute approximate surface area is 121 Å². The van der Waals surface area contributed by atoms with Crippen LogP contribution in [0.25, 0.3) is 0 Å². The number of rotatable bonds is 7. The first-order valence-corrected chi connectivity index (χ1v) is 8.97. The van der Waals surface area contributed by atoms with E-state index in [1.165, 1.54) is 0 Å². The highest BCUT2D eigenvalue weighted by Gasteiger charge is 2.29. The number of aliphatic hydroxyl groups is 1. The molecule has 20 heavy (non-hydrogen) atoms. The summed E-state index contributed by atoms with van der Waals surface area (Å²) in [6, 6.07) is 0. The quantitative estimate of drug-likeness (QED) is 0.653. The molecule has 9 heteroatoms. The average molecular weight is 319 g/mol. The first kappa shape index (κ1) is 15.2. The third-order valence-electron chi connectivity index (χ3n) is 2.84. The molecule has 0 spiro atoms. The molecular weight excluding hydrogens is 302 g/mol. The van der Waals surface area contributed by atoms with E-state index < -0.39 is 16.1 Å². The second-order valence-corrected chi connectivity index (χ2v) is 7.51. The molecule has 1 unspecified atom stereocenters. The van der Waals surface area contributed by atoms with Gasteiger partial charge in [-0.1, -0.05) is 0 Å². The van der Waals surface area contributed by atoms with E-state index in [0.717, 1.165) is 30.4 Å². The maximum atomic E-state index is 11.7. The third-order valence-corrected chi connectivity index (χ3v) is 4.34. The Balaban J connectivity index is 1.79. The maximum absolute atomic E-state index is 11.7. The summed E-state index contributed by atoms with van der Waals surface area (Å²) in [5, 5.41) is 14.2. The molecule has 1 aromatic rings. The number of nitrogens with one attached hydrogen (secondary N) is 2. The molecule has 0 aromatic carbocycles. The molecule has 1 heterocycles. The van der Waals surface area contributed by atoms with Crippen LogP contribution < -0.4 is 10.0 Å². The molecule has 1 aromatic heterocycles. The number of carbonyl (C=O) groups excluding carboxylic acids is 1. The van der Waals surface area contributed by atoms with Crippen LogP contribution in [0.4, 0.5) is 5.13 Å². The Morgan fingerprint density at radius 1 is 1.60 bits per heavy atom. The van der Waals surface area contributed by atoms with Crippen molar-refractivity contribution in [2.45, 2.75) is 25.4 Å². The number of hydrogen-bond acceptors (Lipinski definition) is 6. The fourth-order valence-corrected chi connectivity index (χ4v) is 3.25. The lowest BCUT2D eigenvalue weighted by atomic mass is 10.2. The van der Waals surface area contributed by atoms with Crippen molar-refractivity contribution in [1.82, 2.24) is 10.3 Å². The summed E-state index contributed by atoms with van der Waals surface area (Å²) in [5.41, 5.74) is 0.500. The van der Waals surface area contributed by atoms with E-state index in [4.69, 9.17) is 0 Å². The van der Waals surface area contributed by atoms with Gasteiger partial charge in [-0.15, -0.1) is 11.3 Å². The molecule has 3 N–H and O–H groups in total. The predicted molar refractivity (Wildman–Crippen MR) is 76.0 cm³/mol. The van der Waals surface area contributed by atoms with Gasteiger partial charge in [0.1, 0.15) is 0 Å². The van der Waals surface area contributed by atoms with Gasteiger partial charge < -0.3 is 10.4 Å². The van der Waals surface area contributed by atoms with Crippen molar-refractivity contribution < 1.29 is 18.3 Å². The van der Waals surface area contributed by atoms with E-state index in [-0.39, 0.29) is 24.0 Å². The van der Waals surface area contributed by atoms with Gasteiger partial charge in [-0.2, -0.15) is 0 Å². The van der Waals surface area contributed by atoms with Crippen molar-refractivity contribution in [3.05, 3.63) is 11.1 Å². The van der Waals surface area contributed by atoms with Crippen molar-refractivity contribution in [2.24, 2.45) is 5.92 Å². The maximum Gasteiger partial charge on any atom is 0.231 e. The van der Waals surface area contributed by atoms with Gasteiger partial charge in [-0.25, -0.2) is 13.4 Å². The zero-order chi connectivity index (χ0) is 14.8. The Bertz CT molecular complexity index is 580. The Morgan fingerprint density at radius 2 is 2.30 bits per heavy atom. The summed E-state index contributed by atoms with van der Waals surface area (Å²) in [7, 11) is -3.35. The molecule has 1 aliphatic rings. The number of nitrogens with zero attached hydrogens (tertiary/aromatic N) is 1. The fourth-order valence-electron chi connectivity index (χ4n) is 1.69. The number of aromatic nitrogens is 1. The molecule has 0 radical (unpaired) electrons. The molecule has 112 valence electrons. The van der Waals surface area contributed by atoms with E-state index >= 15 is 0 Å². The number of amides is 1. The minimum atomic E-state index is -3.35. The number of hydrogen-bond donors (Lipinski definition) is 3. The van der Waals surface area contributed by atoms with Crippen LogP contribution in [0, 0.1) is 5.92 Å². The van der Waals surface area contributed by atoms with Crippen LogP contribution in [0.3, 0.4) is 0 Å². The van der Waals surface area contributed by atoms with E-state index in [0.29, 0.717) is 11.6 Å². The summed E-state index contributed by atoms with van der Waals surface area (Å²) >= 11 is 1.13. The first-order chi connectivity index (χ1) is 9.33. The van der Waals surface area contributed by atoms with Crippen LogP contribution in [0.1, 0.15) is 18.5 Å². The van der Waals surface area contributed by atoms with Crippen LogP contribution in [-0.4, -0.2) is 43.3 Å². The van der Waals surface area contributed by atoms with Gasteiger partial charge in [0, 0.05) is 11.9 Å². The highest BCUT2D eigenvalue weighted by molar-refractivity contribution is 7.92. The van der Waals surface area contributed by atoms with Gasteiger partial charge in [-0.3, -0.25) is 9.52 Å². The lowest BCUT2D eigenvalue weighted by Gasteiger charge is -2.09. The Hall–Kier alpha value is -1.19. The van der Waals surface area contributed by atoms with Crippen molar-refractivity contribution >= 4 is 32.4 Å². The summed E-state index contributed by atoms with van der Waals surface area (Å²) < 4.78 is 24.3. The number of anilines is 1. The monoisotopic (exact) mass is 319 g/mol. The lowest BCUT2D eigenvalue weighted by molar-refractivity contribution is -0.121. The fraction of sp³-hybridized carbons (Fsp3) is 0.636. The molecule has 7 nitrogen and oxygen atoms in total. The average Bonchev–Trinajstić information content (AvgIpc) is 3.09. The predicted octanol–water partition coefficient (Wildman–Crippen LogP) is -0.0558. The van der Waals surface area contributed by atoms with Gasteiger partial charge >= 0.3 is 0 Å². The summed E-state index contributed by atoms with van der Waals surface area (Å²) in [6.07, 6.45) is 2.67. The minimum absolute atomic E-state index is 0.0688. The molecule has 0 bridgehead atoms. The van der Waals surface area contributed by atoms with Crippen molar-refractivity contribution in [3.8, 4) is 0 Å². The molecule has 0 saturated heterocycles. The molecule has 1 aliphatic carbocycles. The highest BCUT2D eigenvalue weighted by atomic mass is 32.2. The van der Waals surface area contributed by atoms with E-state index in [2.05, 4.69) is 15.0 Å². The topological polar surface area (TPSA) is 108 Å². The Kier molecular flexibility index (Phi) is 4.61. The van der Waals surface area contributed by atoms with Crippen LogP contribution in [0.15, 0.2) is 5.38 Å². The van der Waals surface area contributed by atoms with Crippen LogP contribution in [0.5, 0.6) is 0 Å². The van der Waals surface area contributed by atoms with E-state index in [1.807, 2.05) is 0 Å². The van der Waals surface area contributed by atoms with Gasteiger partial charge in [-0.05, 0) is 18.8 Å². The highest BCUT2D eigenvalue weighted by Crippen LogP contribution is 2.32. The standard InChI is InChI=1S/C11H17N3O4S2/c1-20(17,18)14-11-13-8(6-19-11)4-10(16)12-5-9(15)7-2-3-7/h6-7,9,15H,2-5H2,1H3,(H,12,16)(H,13,14). The zero-order valence-electron chi connectivity index (χ0n) is 11.0. The summed E-state index contributed by atoms with van der Waals surface area (Å²) in [6.45, 7) is 0.252. The number of aliphatic hydroxyl groups excluding tert-OH is 1. The van der Waals surface area contributed by atoms with Crippen molar-refractivity contribution in [2.75, 3.05) is 17.5 Å². The molecule has 1 saturated carbocycles. The minimum Gasteiger partial charge on any atom is -0.391 e. The number of sulfonamides is 1. The second kappa shape index (κ2) is 6.06. The molecule has 1 amide bonds. The second-order valence-electron chi connectivity index (χ2n) is 4.90. The summed E-state index contributed by atoms with van der Waals surface area (Å²) in [5.74, 6) is 0.0843. The lowest BCUT2D eigenvalue weighted by Crippen LogP contribution is -2.34. The van der Waals surface area contributed by atoms with Crippen LogP contribution in [0.2, 0.25) is 0 Å². The number of thiazole rings is 1. The summed E-state index contributed by atoms with van der Waals surface area (Å²) in [4.78, 5) is 15.7. The molecule has 1 fully saturated rings. The molecular formula is C11H17N3O4S2. The van der Waals surface area contributed by atoms with Crippen LogP contribution in [-0.2, 0) is 21.2 Å². The van der Waals surface area contributed by atoms with Crippen LogP contribution >= 0.6 is 11.3 Å².